The van der Waals surface area contributed by atoms with E-state index in [-0.39, 0.29) is 18.0 Å². The van der Waals surface area contributed by atoms with Gasteiger partial charge in [0.05, 0.1) is 18.6 Å². The van der Waals surface area contributed by atoms with Gasteiger partial charge in [-0.1, -0.05) is 11.2 Å². The SMILES string of the molecule is Cc1nc([C@H]2CCCN2CC(=O)N(C)[C@@H](C)c2cccs2)no1. The van der Waals surface area contributed by atoms with Crippen molar-refractivity contribution in [3.63, 3.8) is 0 Å². The summed E-state index contributed by atoms with van der Waals surface area (Å²) in [5, 5.41) is 6.07. The van der Waals surface area contributed by atoms with E-state index in [9.17, 15) is 4.79 Å². The largest absolute Gasteiger partial charge is 0.340 e. The molecule has 6 nitrogen and oxygen atoms in total. The maximum absolute atomic E-state index is 12.6. The first-order valence-corrected chi connectivity index (χ1v) is 8.77. The summed E-state index contributed by atoms with van der Waals surface area (Å²) < 4.78 is 5.08. The van der Waals surface area contributed by atoms with Crippen molar-refractivity contribution in [1.29, 1.82) is 0 Å². The van der Waals surface area contributed by atoms with Crippen molar-refractivity contribution in [2.24, 2.45) is 0 Å². The number of hydrogen-bond donors (Lipinski definition) is 0. The summed E-state index contributed by atoms with van der Waals surface area (Å²) in [4.78, 5) is 22.2. The molecular formula is C16H22N4O2S. The van der Waals surface area contributed by atoms with Crippen LogP contribution < -0.4 is 0 Å². The Morgan fingerprint density at radius 2 is 2.43 bits per heavy atom. The zero-order valence-corrected chi connectivity index (χ0v) is 14.5. The van der Waals surface area contributed by atoms with Gasteiger partial charge in [-0.15, -0.1) is 11.3 Å². The van der Waals surface area contributed by atoms with Crippen molar-refractivity contribution in [3.8, 4) is 0 Å². The number of carbonyl (C=O) groups is 1. The number of carbonyl (C=O) groups excluding carboxylic acids is 1. The Labute approximate surface area is 140 Å². The molecule has 1 aliphatic heterocycles. The van der Waals surface area contributed by atoms with Crippen molar-refractivity contribution < 1.29 is 9.32 Å². The maximum Gasteiger partial charge on any atom is 0.237 e. The topological polar surface area (TPSA) is 62.5 Å². The highest BCUT2D eigenvalue weighted by Gasteiger charge is 2.32. The van der Waals surface area contributed by atoms with Crippen LogP contribution in [-0.4, -0.2) is 46.0 Å². The molecule has 3 heterocycles. The van der Waals surface area contributed by atoms with E-state index in [4.69, 9.17) is 4.52 Å². The smallest absolute Gasteiger partial charge is 0.237 e. The normalized spacial score (nSPS) is 19.9. The van der Waals surface area contributed by atoms with Crippen LogP contribution in [0, 0.1) is 6.92 Å². The van der Waals surface area contributed by atoms with Crippen LogP contribution in [0.4, 0.5) is 0 Å². The van der Waals surface area contributed by atoms with Gasteiger partial charge in [-0.25, -0.2) is 0 Å². The van der Waals surface area contributed by atoms with Crippen LogP contribution in [0.3, 0.4) is 0 Å². The lowest BCUT2D eigenvalue weighted by Crippen LogP contribution is -2.39. The second-order valence-corrected chi connectivity index (χ2v) is 6.98. The molecule has 0 aromatic carbocycles. The number of aromatic nitrogens is 2. The summed E-state index contributed by atoms with van der Waals surface area (Å²) >= 11 is 1.68. The molecular weight excluding hydrogens is 312 g/mol. The van der Waals surface area contributed by atoms with Crippen molar-refractivity contribution in [2.45, 2.75) is 38.8 Å². The summed E-state index contributed by atoms with van der Waals surface area (Å²) in [5.74, 6) is 1.39. The molecule has 0 aliphatic carbocycles. The first kappa shape index (κ1) is 16.1. The van der Waals surface area contributed by atoms with Gasteiger partial charge in [-0.3, -0.25) is 9.69 Å². The average molecular weight is 334 g/mol. The number of likely N-dealkylation sites (N-methyl/N-ethyl adjacent to an activating group) is 1. The first-order valence-electron chi connectivity index (χ1n) is 7.89. The van der Waals surface area contributed by atoms with Gasteiger partial charge >= 0.3 is 0 Å². The van der Waals surface area contributed by atoms with E-state index in [1.54, 1.807) is 18.3 Å². The van der Waals surface area contributed by atoms with Crippen LogP contribution in [0.1, 0.15) is 48.4 Å². The molecule has 23 heavy (non-hydrogen) atoms. The van der Waals surface area contributed by atoms with E-state index in [0.717, 1.165) is 19.4 Å². The summed E-state index contributed by atoms with van der Waals surface area (Å²) in [6, 6.07) is 4.27. The summed E-state index contributed by atoms with van der Waals surface area (Å²) in [6.07, 6.45) is 2.02. The Morgan fingerprint density at radius 3 is 3.09 bits per heavy atom. The zero-order chi connectivity index (χ0) is 16.4. The lowest BCUT2D eigenvalue weighted by Gasteiger charge is -2.28. The predicted octanol–water partition coefficient (Wildman–Crippen LogP) is 2.80. The maximum atomic E-state index is 12.6. The Kier molecular flexibility index (Phi) is 4.77. The van der Waals surface area contributed by atoms with E-state index in [1.807, 2.05) is 23.4 Å². The minimum Gasteiger partial charge on any atom is -0.340 e. The Bertz CT molecular complexity index is 655. The van der Waals surface area contributed by atoms with E-state index >= 15 is 0 Å². The van der Waals surface area contributed by atoms with Crippen LogP contribution in [0.2, 0.25) is 0 Å². The Hall–Kier alpha value is -1.73. The molecule has 0 spiro atoms. The minimum absolute atomic E-state index is 0.0850. The summed E-state index contributed by atoms with van der Waals surface area (Å²) in [6.45, 7) is 5.14. The monoisotopic (exact) mass is 334 g/mol. The molecule has 0 unspecified atom stereocenters. The molecule has 7 heteroatoms. The fourth-order valence-corrected chi connectivity index (χ4v) is 3.81. The number of amides is 1. The van der Waals surface area contributed by atoms with Crippen LogP contribution in [0.5, 0.6) is 0 Å². The first-order chi connectivity index (χ1) is 11.1. The van der Waals surface area contributed by atoms with Gasteiger partial charge in [-0.2, -0.15) is 4.98 Å². The van der Waals surface area contributed by atoms with Crippen LogP contribution >= 0.6 is 11.3 Å². The van der Waals surface area contributed by atoms with Gasteiger partial charge in [0.2, 0.25) is 11.8 Å². The van der Waals surface area contributed by atoms with E-state index in [2.05, 4.69) is 28.0 Å². The number of thiophene rings is 1. The molecule has 0 bridgehead atoms. The Balaban J connectivity index is 1.64. The van der Waals surface area contributed by atoms with Gasteiger partial charge < -0.3 is 9.42 Å². The molecule has 124 valence electrons. The molecule has 2 aromatic heterocycles. The van der Waals surface area contributed by atoms with Crippen molar-refractivity contribution in [2.75, 3.05) is 20.1 Å². The highest BCUT2D eigenvalue weighted by atomic mass is 32.1. The van der Waals surface area contributed by atoms with Crippen molar-refractivity contribution in [3.05, 3.63) is 34.1 Å². The van der Waals surface area contributed by atoms with Gasteiger partial charge in [0.25, 0.3) is 0 Å². The molecule has 3 rings (SSSR count). The van der Waals surface area contributed by atoms with Crippen LogP contribution in [-0.2, 0) is 4.79 Å². The number of hydrogen-bond acceptors (Lipinski definition) is 6. The lowest BCUT2D eigenvalue weighted by molar-refractivity contribution is -0.133. The van der Waals surface area contributed by atoms with Crippen molar-refractivity contribution >= 4 is 17.2 Å². The fraction of sp³-hybridized carbons (Fsp3) is 0.562. The number of aryl methyl sites for hydroxylation is 1. The molecule has 1 amide bonds. The van der Waals surface area contributed by atoms with Crippen molar-refractivity contribution in [1.82, 2.24) is 19.9 Å². The highest BCUT2D eigenvalue weighted by molar-refractivity contribution is 7.10. The Morgan fingerprint density at radius 1 is 1.61 bits per heavy atom. The van der Waals surface area contributed by atoms with Crippen LogP contribution in [0.15, 0.2) is 22.0 Å². The summed E-state index contributed by atoms with van der Waals surface area (Å²) in [7, 11) is 1.87. The van der Waals surface area contributed by atoms with E-state index in [0.29, 0.717) is 18.3 Å². The third-order valence-corrected chi connectivity index (χ3v) is 5.52. The third-order valence-electron chi connectivity index (χ3n) is 4.47. The summed E-state index contributed by atoms with van der Waals surface area (Å²) in [5.41, 5.74) is 0. The number of likely N-dealkylation sites (tertiary alicyclic amines) is 1. The molecule has 1 fully saturated rings. The molecule has 0 N–H and O–H groups in total. The highest BCUT2D eigenvalue weighted by Crippen LogP contribution is 2.30. The second kappa shape index (κ2) is 6.80. The molecule has 0 radical (unpaired) electrons. The van der Waals surface area contributed by atoms with E-state index < -0.39 is 0 Å². The number of rotatable bonds is 5. The molecule has 2 aromatic rings. The predicted molar refractivity (Wildman–Crippen MR) is 88.1 cm³/mol. The minimum atomic E-state index is 0.0850. The second-order valence-electron chi connectivity index (χ2n) is 6.00. The zero-order valence-electron chi connectivity index (χ0n) is 13.7. The van der Waals surface area contributed by atoms with Gasteiger partial charge in [0, 0.05) is 18.8 Å². The number of nitrogens with zero attached hydrogens (tertiary/aromatic N) is 4. The van der Waals surface area contributed by atoms with E-state index in [1.165, 1.54) is 4.88 Å². The quantitative estimate of drug-likeness (QED) is 0.841. The van der Waals surface area contributed by atoms with Gasteiger partial charge in [0.15, 0.2) is 5.82 Å². The van der Waals surface area contributed by atoms with Gasteiger partial charge in [0.1, 0.15) is 0 Å². The molecule has 1 saturated heterocycles. The molecule has 0 saturated carbocycles. The fourth-order valence-electron chi connectivity index (χ4n) is 2.98. The average Bonchev–Trinajstić information content (AvgIpc) is 3.26. The van der Waals surface area contributed by atoms with Gasteiger partial charge in [-0.05, 0) is 37.8 Å². The van der Waals surface area contributed by atoms with Crippen LogP contribution in [0.25, 0.3) is 0 Å². The third kappa shape index (κ3) is 3.45. The standard InChI is InChI=1S/C16H22N4O2S/c1-11(14-7-5-9-23-14)19(3)15(21)10-20-8-4-6-13(20)16-17-12(2)22-18-16/h5,7,9,11,13H,4,6,8,10H2,1-3H3/t11-,13+/m0/s1. The lowest BCUT2D eigenvalue weighted by atomic mass is 10.2. The molecule has 1 aliphatic rings. The molecule has 2 atom stereocenters.